The van der Waals surface area contributed by atoms with Gasteiger partial charge in [-0.05, 0) is 42.8 Å². The van der Waals surface area contributed by atoms with Crippen molar-refractivity contribution in [3.8, 4) is 40.5 Å². The number of phenolic OH excluding ortho intramolecular Hbond substituents is 1. The molecule has 3 aromatic rings. The number of fused-ring (bicyclic) bond motifs is 1. The van der Waals surface area contributed by atoms with E-state index in [1.54, 1.807) is 25.3 Å². The third kappa shape index (κ3) is 3.16. The molecule has 0 amide bonds. The Morgan fingerprint density at radius 1 is 1.27 bits per heavy atom. The lowest BCUT2D eigenvalue weighted by molar-refractivity contribution is 0.311. The van der Waals surface area contributed by atoms with Gasteiger partial charge in [-0.2, -0.15) is 5.26 Å². The Morgan fingerprint density at radius 2 is 2.10 bits per heavy atom. The highest BCUT2D eigenvalue weighted by Gasteiger charge is 2.35. The number of nitrogens with one attached hydrogen (secondary N) is 1. The molecule has 1 aromatic heterocycles. The Hall–Kier alpha value is -4.12. The van der Waals surface area contributed by atoms with Crippen LogP contribution in [0.3, 0.4) is 0 Å². The summed E-state index contributed by atoms with van der Waals surface area (Å²) in [7, 11) is 1.57. The first-order valence-corrected chi connectivity index (χ1v) is 9.33. The Balaban J connectivity index is 1.90. The van der Waals surface area contributed by atoms with Crippen molar-refractivity contribution in [1.82, 2.24) is 10.2 Å². The zero-order valence-electron chi connectivity index (χ0n) is 16.5. The third-order valence-electron chi connectivity index (χ3n) is 4.89. The summed E-state index contributed by atoms with van der Waals surface area (Å²) < 4.78 is 16.7. The quantitative estimate of drug-likeness (QED) is 0.595. The number of rotatable bonds is 5. The highest BCUT2D eigenvalue weighted by molar-refractivity contribution is 5.73. The maximum atomic E-state index is 9.99. The fourth-order valence-corrected chi connectivity index (χ4v) is 3.60. The van der Waals surface area contributed by atoms with E-state index in [4.69, 9.17) is 19.9 Å². The summed E-state index contributed by atoms with van der Waals surface area (Å²) in [4.78, 5) is 0. The van der Waals surface area contributed by atoms with Crippen LogP contribution in [0, 0.1) is 11.3 Å². The minimum atomic E-state index is -0.558. The summed E-state index contributed by atoms with van der Waals surface area (Å²) in [5.74, 6) is 0.989. The summed E-state index contributed by atoms with van der Waals surface area (Å²) >= 11 is 0. The Labute approximate surface area is 173 Å². The molecule has 1 atom stereocenters. The van der Waals surface area contributed by atoms with Crippen molar-refractivity contribution >= 4 is 0 Å². The smallest absolute Gasteiger partial charge is 0.244 e. The molecule has 1 aliphatic rings. The van der Waals surface area contributed by atoms with Crippen molar-refractivity contribution in [2.24, 2.45) is 5.73 Å². The number of benzene rings is 2. The molecule has 0 aliphatic carbocycles. The van der Waals surface area contributed by atoms with Crippen molar-refractivity contribution in [3.05, 3.63) is 65.0 Å². The highest BCUT2D eigenvalue weighted by Crippen LogP contribution is 2.46. The number of phenols is 1. The molecule has 30 heavy (non-hydrogen) atoms. The van der Waals surface area contributed by atoms with Crippen molar-refractivity contribution in [3.63, 3.8) is 0 Å². The average molecular weight is 404 g/mol. The lowest BCUT2D eigenvalue weighted by Gasteiger charge is -2.24. The first-order chi connectivity index (χ1) is 14.6. The van der Waals surface area contributed by atoms with Crippen LogP contribution in [-0.2, 0) is 0 Å². The normalized spacial score (nSPS) is 15.2. The number of aromatic nitrogens is 2. The Bertz CT molecular complexity index is 1180. The molecule has 0 unspecified atom stereocenters. The SMILES string of the molecule is CCOc1ccc(-c2[nH]nc3c2[C@H](c2cccc(O)c2)C(C#N)=C(N)O3)cc1OC. The molecular weight excluding hydrogens is 384 g/mol. The molecule has 8 nitrogen and oxygen atoms in total. The average Bonchev–Trinajstić information content (AvgIpc) is 3.16. The van der Waals surface area contributed by atoms with Crippen molar-refractivity contribution in [2.75, 3.05) is 13.7 Å². The van der Waals surface area contributed by atoms with Crippen LogP contribution < -0.4 is 19.9 Å². The molecule has 1 aliphatic heterocycles. The van der Waals surface area contributed by atoms with Gasteiger partial charge in [-0.1, -0.05) is 12.1 Å². The molecule has 0 saturated heterocycles. The lowest BCUT2D eigenvalue weighted by atomic mass is 9.83. The van der Waals surface area contributed by atoms with Gasteiger partial charge in [0, 0.05) is 5.56 Å². The number of H-pyrrole nitrogens is 1. The van der Waals surface area contributed by atoms with Gasteiger partial charge in [-0.3, -0.25) is 5.10 Å². The van der Waals surface area contributed by atoms with Crippen LogP contribution in [0.5, 0.6) is 23.1 Å². The number of ether oxygens (including phenoxy) is 3. The molecule has 4 rings (SSSR count). The number of nitrogens with zero attached hydrogens (tertiary/aromatic N) is 2. The highest BCUT2D eigenvalue weighted by atomic mass is 16.5. The second-order valence-electron chi connectivity index (χ2n) is 6.64. The maximum absolute atomic E-state index is 9.99. The molecule has 2 aromatic carbocycles. The first-order valence-electron chi connectivity index (χ1n) is 9.33. The van der Waals surface area contributed by atoms with E-state index in [0.717, 1.165) is 5.56 Å². The van der Waals surface area contributed by atoms with Crippen molar-refractivity contribution < 1.29 is 19.3 Å². The van der Waals surface area contributed by atoms with E-state index in [9.17, 15) is 10.4 Å². The maximum Gasteiger partial charge on any atom is 0.244 e. The number of nitrogens with two attached hydrogens (primary N) is 1. The van der Waals surface area contributed by atoms with Crippen LogP contribution in [0.2, 0.25) is 0 Å². The van der Waals surface area contributed by atoms with Gasteiger partial charge in [0.05, 0.1) is 30.9 Å². The van der Waals surface area contributed by atoms with E-state index in [-0.39, 0.29) is 23.1 Å². The molecule has 0 fully saturated rings. The number of hydrogen-bond donors (Lipinski definition) is 3. The Morgan fingerprint density at radius 3 is 2.80 bits per heavy atom. The first kappa shape index (κ1) is 19.2. The van der Waals surface area contributed by atoms with Crippen LogP contribution in [0.25, 0.3) is 11.3 Å². The standard InChI is InChI=1S/C22H20N4O4/c1-3-29-16-8-7-13(10-17(16)28-2)20-19-18(12-5-4-6-14(27)9-12)15(11-23)21(24)30-22(19)26-25-20/h4-10,18,27H,3,24H2,1-2H3,(H,25,26)/t18-/m1/s1. The van der Waals surface area contributed by atoms with Crippen LogP contribution in [0.4, 0.5) is 0 Å². The predicted molar refractivity (Wildman–Crippen MR) is 109 cm³/mol. The van der Waals surface area contributed by atoms with Crippen LogP contribution in [-0.4, -0.2) is 29.0 Å². The number of allylic oxidation sites excluding steroid dienone is 1. The fraction of sp³-hybridized carbons (Fsp3) is 0.182. The Kier molecular flexibility index (Phi) is 4.94. The summed E-state index contributed by atoms with van der Waals surface area (Å²) in [5, 5.41) is 27.0. The number of nitriles is 1. The van der Waals surface area contributed by atoms with Gasteiger partial charge >= 0.3 is 0 Å². The molecule has 0 radical (unpaired) electrons. The number of hydrogen-bond acceptors (Lipinski definition) is 7. The van der Waals surface area contributed by atoms with Crippen molar-refractivity contribution in [2.45, 2.75) is 12.8 Å². The van der Waals surface area contributed by atoms with Crippen LogP contribution >= 0.6 is 0 Å². The van der Waals surface area contributed by atoms with Crippen molar-refractivity contribution in [1.29, 1.82) is 5.26 Å². The minimum absolute atomic E-state index is 0.0133. The molecular formula is C22H20N4O4. The molecule has 152 valence electrons. The van der Waals surface area contributed by atoms with Gasteiger partial charge in [0.1, 0.15) is 17.4 Å². The molecule has 0 spiro atoms. The third-order valence-corrected chi connectivity index (χ3v) is 4.89. The van der Waals surface area contributed by atoms with E-state index in [0.29, 0.717) is 34.9 Å². The van der Waals surface area contributed by atoms with Gasteiger partial charge in [0.25, 0.3) is 0 Å². The van der Waals surface area contributed by atoms with Gasteiger partial charge < -0.3 is 25.1 Å². The summed E-state index contributed by atoms with van der Waals surface area (Å²) in [6, 6.07) is 14.3. The van der Waals surface area contributed by atoms with Gasteiger partial charge in [-0.25, -0.2) is 0 Å². The largest absolute Gasteiger partial charge is 0.508 e. The van der Waals surface area contributed by atoms with Gasteiger partial charge in [0.2, 0.25) is 11.8 Å². The molecule has 0 bridgehead atoms. The summed E-state index contributed by atoms with van der Waals surface area (Å²) in [5.41, 5.74) is 9.01. The second-order valence-corrected chi connectivity index (χ2v) is 6.64. The van der Waals surface area contributed by atoms with E-state index in [1.807, 2.05) is 31.2 Å². The van der Waals surface area contributed by atoms with Gasteiger partial charge in [-0.15, -0.1) is 5.10 Å². The predicted octanol–water partition coefficient (Wildman–Crippen LogP) is 3.41. The van der Waals surface area contributed by atoms with Crippen LogP contribution in [0.1, 0.15) is 24.0 Å². The van der Waals surface area contributed by atoms with E-state index >= 15 is 0 Å². The van der Waals surface area contributed by atoms with Crippen LogP contribution in [0.15, 0.2) is 53.9 Å². The molecule has 8 heteroatoms. The minimum Gasteiger partial charge on any atom is -0.508 e. The van der Waals surface area contributed by atoms with Gasteiger partial charge in [0.15, 0.2) is 11.5 Å². The molecule has 2 heterocycles. The monoisotopic (exact) mass is 404 g/mol. The number of aromatic amines is 1. The second kappa shape index (κ2) is 7.72. The summed E-state index contributed by atoms with van der Waals surface area (Å²) in [6.07, 6.45) is 0. The molecule has 0 saturated carbocycles. The fourth-order valence-electron chi connectivity index (χ4n) is 3.60. The topological polar surface area (TPSA) is 126 Å². The van der Waals surface area contributed by atoms with E-state index < -0.39 is 5.92 Å². The number of aromatic hydroxyl groups is 1. The summed E-state index contributed by atoms with van der Waals surface area (Å²) in [6.45, 7) is 2.41. The number of methoxy groups -OCH3 is 1. The van der Waals surface area contributed by atoms with E-state index in [1.165, 1.54) is 0 Å². The lowest BCUT2D eigenvalue weighted by Crippen LogP contribution is -2.20. The zero-order chi connectivity index (χ0) is 21.3. The molecule has 4 N–H and O–H groups in total. The zero-order valence-corrected chi connectivity index (χ0v) is 16.5. The van der Waals surface area contributed by atoms with E-state index in [2.05, 4.69) is 16.3 Å².